The van der Waals surface area contributed by atoms with Gasteiger partial charge in [-0.05, 0) is 11.6 Å². The number of aromatic nitrogens is 1. The number of carboxylic acid groups (broad SMARTS) is 1. The molecule has 2 aliphatic heterocycles. The van der Waals surface area contributed by atoms with Crippen LogP contribution in [-0.2, 0) is 19.2 Å². The number of anilines is 1. The van der Waals surface area contributed by atoms with Crippen molar-refractivity contribution in [2.45, 2.75) is 11.4 Å². The first-order valence-electron chi connectivity index (χ1n) is 9.53. The number of hydrogen-bond acceptors (Lipinski definition) is 10. The predicted molar refractivity (Wildman–Crippen MR) is 119 cm³/mol. The fraction of sp³-hybridized carbons (Fsp3) is 0.421. The molecule has 32 heavy (non-hydrogen) atoms. The van der Waals surface area contributed by atoms with Crippen LogP contribution in [0.4, 0.5) is 5.13 Å². The summed E-state index contributed by atoms with van der Waals surface area (Å²) in [6.07, 6.45) is 3.59. The van der Waals surface area contributed by atoms with Crippen molar-refractivity contribution in [2.75, 3.05) is 46.3 Å². The van der Waals surface area contributed by atoms with Gasteiger partial charge in [-0.25, -0.2) is 4.98 Å². The number of carbonyl (C=O) groups is 3. The highest BCUT2D eigenvalue weighted by Gasteiger charge is 2.53. The molecule has 1 aromatic rings. The van der Waals surface area contributed by atoms with Crippen molar-refractivity contribution < 1.29 is 28.8 Å². The Labute approximate surface area is 193 Å². The number of allylic oxidation sites excluding steroid dienone is 1. The number of fused-ring (bicyclic) bond motifs is 1. The van der Waals surface area contributed by atoms with Gasteiger partial charge in [-0.3, -0.25) is 14.5 Å². The van der Waals surface area contributed by atoms with Crippen molar-refractivity contribution in [3.8, 4) is 0 Å². The Morgan fingerprint density at radius 2 is 2.19 bits per heavy atom. The largest absolute Gasteiger partial charge is 0.543 e. The first kappa shape index (κ1) is 23.8. The van der Waals surface area contributed by atoms with Crippen LogP contribution in [-0.4, -0.2) is 89.8 Å². The predicted octanol–water partition coefficient (Wildman–Crippen LogP) is -1.26. The molecule has 0 radical (unpaired) electrons. The summed E-state index contributed by atoms with van der Waals surface area (Å²) in [5.74, 6) is -2.29. The van der Waals surface area contributed by atoms with E-state index >= 15 is 0 Å². The number of nitrogens with one attached hydrogen (secondary N) is 1. The molecule has 13 heteroatoms. The molecule has 172 valence electrons. The van der Waals surface area contributed by atoms with Crippen LogP contribution >= 0.6 is 23.1 Å². The number of aliphatic carboxylic acids is 1. The maximum atomic E-state index is 12.8. The first-order chi connectivity index (χ1) is 15.0. The van der Waals surface area contributed by atoms with Gasteiger partial charge in [0, 0.05) is 11.1 Å². The third-order valence-electron chi connectivity index (χ3n) is 4.61. The van der Waals surface area contributed by atoms with Crippen molar-refractivity contribution in [2.24, 2.45) is 5.16 Å². The fourth-order valence-electron chi connectivity index (χ4n) is 3.17. The maximum Gasteiger partial charge on any atom is 0.276 e. The molecule has 0 bridgehead atoms. The quantitative estimate of drug-likeness (QED) is 0.203. The van der Waals surface area contributed by atoms with Gasteiger partial charge in [-0.15, -0.1) is 23.1 Å². The molecule has 0 aliphatic carbocycles. The van der Waals surface area contributed by atoms with Gasteiger partial charge in [0.15, 0.2) is 10.8 Å². The van der Waals surface area contributed by atoms with Crippen molar-refractivity contribution in [3.05, 3.63) is 34.5 Å². The molecule has 2 atom stereocenters. The van der Waals surface area contributed by atoms with Crippen LogP contribution in [0.15, 0.2) is 34.0 Å². The Morgan fingerprint density at radius 1 is 1.47 bits per heavy atom. The van der Waals surface area contributed by atoms with Crippen LogP contribution in [0.1, 0.15) is 5.69 Å². The third-order valence-corrected chi connectivity index (χ3v) is 6.59. The number of nitrogen functional groups attached to an aromatic ring is 1. The zero-order chi connectivity index (χ0) is 23.6. The average molecular weight is 481 g/mol. The van der Waals surface area contributed by atoms with Crippen LogP contribution < -0.4 is 16.2 Å². The van der Waals surface area contributed by atoms with Gasteiger partial charge in [0.25, 0.3) is 11.8 Å². The number of carboxylic acids is 1. The van der Waals surface area contributed by atoms with Crippen LogP contribution in [0.3, 0.4) is 0 Å². The van der Waals surface area contributed by atoms with E-state index in [9.17, 15) is 19.5 Å². The number of thioether (sulfide) groups is 1. The zero-order valence-corrected chi connectivity index (χ0v) is 19.7. The SMILES string of the molecule is CO/N=C(\C(=O)NC1C(=O)N2C(C(=O)[O-])=C(C=CC[N+](C)(C)C)CS[C@@H]12)c1csc(N)n1. The lowest BCUT2D eigenvalue weighted by molar-refractivity contribution is -0.864. The highest BCUT2D eigenvalue weighted by molar-refractivity contribution is 8.00. The van der Waals surface area contributed by atoms with Crippen molar-refractivity contribution in [1.82, 2.24) is 15.2 Å². The van der Waals surface area contributed by atoms with E-state index in [1.54, 1.807) is 11.5 Å². The van der Waals surface area contributed by atoms with E-state index in [1.807, 2.05) is 27.2 Å². The summed E-state index contributed by atoms with van der Waals surface area (Å²) in [7, 11) is 7.31. The van der Waals surface area contributed by atoms with E-state index in [0.717, 1.165) is 16.2 Å². The molecule has 3 heterocycles. The smallest absolute Gasteiger partial charge is 0.276 e. The fourth-order valence-corrected chi connectivity index (χ4v) is 5.04. The molecule has 1 saturated heterocycles. The minimum Gasteiger partial charge on any atom is -0.543 e. The standard InChI is InChI=1S/C19H24N6O5S2/c1-25(2,3)7-5-6-10-8-31-17-13(16(27)24(17)14(10)18(28)29)22-15(26)12(23-30-4)11-9-32-19(20)21-11/h5-6,9,13,17H,7-8H2,1-4H3,(H3-,20,21,22,26,28,29)/b6-5?,23-12-/t13?,17-/m0/s1. The monoisotopic (exact) mass is 480 g/mol. The number of β-lactam (4-membered cyclic amide) rings is 1. The second kappa shape index (κ2) is 9.30. The van der Waals surface area contributed by atoms with E-state index in [0.29, 0.717) is 22.4 Å². The number of thiazole rings is 1. The van der Waals surface area contributed by atoms with Crippen LogP contribution in [0.25, 0.3) is 0 Å². The van der Waals surface area contributed by atoms with Crippen molar-refractivity contribution in [1.29, 1.82) is 0 Å². The summed E-state index contributed by atoms with van der Waals surface area (Å²) in [5.41, 5.74) is 6.03. The van der Waals surface area contributed by atoms with Gasteiger partial charge < -0.3 is 30.3 Å². The molecule has 11 nitrogen and oxygen atoms in total. The third kappa shape index (κ3) is 4.95. The molecular weight excluding hydrogens is 456 g/mol. The van der Waals surface area contributed by atoms with Gasteiger partial charge in [0.05, 0.1) is 39.4 Å². The highest BCUT2D eigenvalue weighted by Crippen LogP contribution is 2.40. The van der Waals surface area contributed by atoms with Crippen LogP contribution in [0, 0.1) is 0 Å². The number of quaternary nitrogens is 1. The average Bonchev–Trinajstić information content (AvgIpc) is 3.14. The van der Waals surface area contributed by atoms with Crippen molar-refractivity contribution in [3.63, 3.8) is 0 Å². The molecule has 2 aliphatic rings. The molecule has 1 fully saturated rings. The summed E-state index contributed by atoms with van der Waals surface area (Å²) in [6.45, 7) is 0.688. The molecule has 1 unspecified atom stereocenters. The first-order valence-corrected chi connectivity index (χ1v) is 11.5. The Bertz CT molecular complexity index is 1030. The summed E-state index contributed by atoms with van der Waals surface area (Å²) < 4.78 is 0.674. The number of nitrogens with zero attached hydrogens (tertiary/aromatic N) is 4. The summed E-state index contributed by atoms with van der Waals surface area (Å²) in [5, 5.41) is 19.3. The minimum atomic E-state index is -1.43. The Morgan fingerprint density at radius 3 is 2.75 bits per heavy atom. The lowest BCUT2D eigenvalue weighted by Gasteiger charge is -2.50. The summed E-state index contributed by atoms with van der Waals surface area (Å²) >= 11 is 2.49. The van der Waals surface area contributed by atoms with E-state index in [2.05, 4.69) is 15.5 Å². The van der Waals surface area contributed by atoms with Gasteiger partial charge >= 0.3 is 0 Å². The number of likely N-dealkylation sites (N-methyl/N-ethyl adjacent to an activating group) is 1. The topological polar surface area (TPSA) is 150 Å². The second-order valence-corrected chi connectivity index (χ2v) is 10.1. The minimum absolute atomic E-state index is 0.132. The number of carbonyl (C=O) groups excluding carboxylic acids is 3. The maximum absolute atomic E-state index is 12.8. The Kier molecular flexibility index (Phi) is 6.91. The molecule has 2 amide bonds. The molecule has 0 saturated carbocycles. The zero-order valence-electron chi connectivity index (χ0n) is 18.0. The van der Waals surface area contributed by atoms with Gasteiger partial charge in [-0.1, -0.05) is 11.2 Å². The molecular formula is C19H24N6O5S2. The lowest BCUT2D eigenvalue weighted by Crippen LogP contribution is -2.71. The highest BCUT2D eigenvalue weighted by atomic mass is 32.2. The Balaban J connectivity index is 1.78. The lowest BCUT2D eigenvalue weighted by atomic mass is 10.0. The number of oxime groups is 1. The molecule has 0 aromatic carbocycles. The molecule has 0 spiro atoms. The van der Waals surface area contributed by atoms with E-state index < -0.39 is 29.2 Å². The molecule has 1 aromatic heterocycles. The summed E-state index contributed by atoms with van der Waals surface area (Å²) in [4.78, 5) is 47.3. The van der Waals surface area contributed by atoms with E-state index in [-0.39, 0.29) is 22.2 Å². The number of rotatable bonds is 8. The summed E-state index contributed by atoms with van der Waals surface area (Å²) in [6, 6.07) is -0.920. The number of nitrogens with two attached hydrogens (primary N) is 1. The number of amides is 2. The molecule has 3 rings (SSSR count). The van der Waals surface area contributed by atoms with Gasteiger partial charge in [0.1, 0.15) is 24.2 Å². The van der Waals surface area contributed by atoms with E-state index in [1.165, 1.54) is 18.9 Å². The number of hydrogen-bond donors (Lipinski definition) is 2. The van der Waals surface area contributed by atoms with Crippen LogP contribution in [0.5, 0.6) is 0 Å². The van der Waals surface area contributed by atoms with Gasteiger partial charge in [-0.2, -0.15) is 0 Å². The van der Waals surface area contributed by atoms with Gasteiger partial charge in [0.2, 0.25) is 0 Å². The second-order valence-electron chi connectivity index (χ2n) is 8.09. The van der Waals surface area contributed by atoms with Crippen LogP contribution in [0.2, 0.25) is 0 Å². The van der Waals surface area contributed by atoms with E-state index in [4.69, 9.17) is 10.6 Å². The molecule has 3 N–H and O–H groups in total. The Hall–Kier alpha value is -2.90. The van der Waals surface area contributed by atoms with Crippen molar-refractivity contribution >= 4 is 51.7 Å². The normalized spacial score (nSPS) is 21.4.